The number of carbonyl (C=O) groups excluding carboxylic acids is 1. The van der Waals surface area contributed by atoms with Crippen LogP contribution in [0.5, 0.6) is 0 Å². The summed E-state index contributed by atoms with van der Waals surface area (Å²) in [5.74, 6) is -1.75. The fraction of sp³-hybridized carbons (Fsp3) is 0.300. The molecule has 0 heterocycles. The fourth-order valence-electron chi connectivity index (χ4n) is 2.63. The first-order valence-electron chi connectivity index (χ1n) is 8.49. The number of benzene rings is 2. The van der Waals surface area contributed by atoms with Gasteiger partial charge in [-0.25, -0.2) is 9.59 Å². The summed E-state index contributed by atoms with van der Waals surface area (Å²) in [4.78, 5) is 23.4. The van der Waals surface area contributed by atoms with E-state index >= 15 is 0 Å². The van der Waals surface area contributed by atoms with Crippen molar-refractivity contribution in [3.8, 4) is 0 Å². The third kappa shape index (κ3) is 6.58. The summed E-state index contributed by atoms with van der Waals surface area (Å²) >= 11 is 5.85. The molecule has 0 aliphatic heterocycles. The molecule has 2 aromatic rings. The number of carbonyl (C=O) groups is 2. The molecule has 144 valence electrons. The van der Waals surface area contributed by atoms with Gasteiger partial charge in [-0.2, -0.15) is 0 Å². The molecule has 0 bridgehead atoms. The van der Waals surface area contributed by atoms with Crippen molar-refractivity contribution in [3.63, 3.8) is 0 Å². The molecule has 0 radical (unpaired) electrons. The zero-order chi connectivity index (χ0) is 19.8. The van der Waals surface area contributed by atoms with E-state index in [4.69, 9.17) is 16.3 Å². The van der Waals surface area contributed by atoms with Gasteiger partial charge in [-0.05, 0) is 35.6 Å². The number of hydrogen-bond donors (Lipinski definition) is 3. The highest BCUT2D eigenvalue weighted by molar-refractivity contribution is 6.30. The minimum absolute atomic E-state index is 0.00936. The summed E-state index contributed by atoms with van der Waals surface area (Å²) in [5.41, 5.74) is 1.68. The molecule has 0 aliphatic rings. The molecule has 0 unspecified atom stereocenters. The second-order valence-corrected chi connectivity index (χ2v) is 6.76. The topological polar surface area (TPSA) is 95.9 Å². The Morgan fingerprint density at radius 3 is 2.30 bits per heavy atom. The largest absolute Gasteiger partial charge is 0.480 e. The third-order valence-corrected chi connectivity index (χ3v) is 4.40. The predicted octanol–water partition coefficient (Wildman–Crippen LogP) is 3.26. The lowest BCUT2D eigenvalue weighted by Gasteiger charge is -2.25. The van der Waals surface area contributed by atoms with Crippen LogP contribution in [0, 0.1) is 5.92 Å². The summed E-state index contributed by atoms with van der Waals surface area (Å²) in [7, 11) is 0. The van der Waals surface area contributed by atoms with Crippen molar-refractivity contribution in [3.05, 3.63) is 70.7 Å². The fourth-order valence-corrected chi connectivity index (χ4v) is 2.75. The number of carboxylic acids is 1. The van der Waals surface area contributed by atoms with E-state index in [9.17, 15) is 19.8 Å². The monoisotopic (exact) mass is 391 g/mol. The van der Waals surface area contributed by atoms with E-state index in [1.165, 1.54) is 0 Å². The lowest BCUT2D eigenvalue weighted by molar-refractivity contribution is -0.143. The number of aliphatic hydroxyl groups is 1. The van der Waals surface area contributed by atoms with Crippen molar-refractivity contribution in [2.45, 2.75) is 32.1 Å². The maximum atomic E-state index is 11.9. The van der Waals surface area contributed by atoms with Crippen LogP contribution in [-0.2, 0) is 22.6 Å². The van der Waals surface area contributed by atoms with Gasteiger partial charge in [0.1, 0.15) is 6.61 Å². The number of alkyl carbamates (subject to hydrolysis) is 1. The second kappa shape index (κ2) is 9.94. The predicted molar refractivity (Wildman–Crippen MR) is 102 cm³/mol. The molecule has 7 heteroatoms. The number of aliphatic hydroxyl groups excluding tert-OH is 1. The number of ether oxygens (including phenoxy) is 1. The van der Waals surface area contributed by atoms with E-state index in [-0.39, 0.29) is 6.61 Å². The Kier molecular flexibility index (Phi) is 7.64. The molecular formula is C20H22ClNO5. The second-order valence-electron chi connectivity index (χ2n) is 6.32. The average molecular weight is 392 g/mol. The average Bonchev–Trinajstić information content (AvgIpc) is 2.66. The number of hydrogen-bond acceptors (Lipinski definition) is 4. The molecule has 0 saturated heterocycles. The smallest absolute Gasteiger partial charge is 0.408 e. The first-order chi connectivity index (χ1) is 12.9. The normalized spacial score (nSPS) is 14.0. The number of amides is 1. The summed E-state index contributed by atoms with van der Waals surface area (Å²) in [6.45, 7) is 1.72. The molecule has 0 aromatic heterocycles. The van der Waals surface area contributed by atoms with Crippen LogP contribution in [0.3, 0.4) is 0 Å². The van der Waals surface area contributed by atoms with Crippen molar-refractivity contribution in [2.75, 3.05) is 0 Å². The van der Waals surface area contributed by atoms with Crippen molar-refractivity contribution in [1.29, 1.82) is 0 Å². The van der Waals surface area contributed by atoms with Gasteiger partial charge in [0.2, 0.25) is 0 Å². The van der Waals surface area contributed by atoms with Gasteiger partial charge < -0.3 is 20.3 Å². The zero-order valence-corrected chi connectivity index (χ0v) is 15.6. The van der Waals surface area contributed by atoms with E-state index in [1.807, 2.05) is 18.2 Å². The van der Waals surface area contributed by atoms with E-state index in [0.717, 1.165) is 11.1 Å². The highest BCUT2D eigenvalue weighted by Crippen LogP contribution is 2.17. The van der Waals surface area contributed by atoms with Crippen LogP contribution in [-0.4, -0.2) is 34.4 Å². The summed E-state index contributed by atoms with van der Waals surface area (Å²) in [6, 6.07) is 14.6. The number of halogens is 1. The highest BCUT2D eigenvalue weighted by Gasteiger charge is 2.32. The molecule has 1 amide bonds. The van der Waals surface area contributed by atoms with E-state index < -0.39 is 30.1 Å². The van der Waals surface area contributed by atoms with Gasteiger partial charge in [-0.1, -0.05) is 61.0 Å². The van der Waals surface area contributed by atoms with Crippen molar-refractivity contribution >= 4 is 23.7 Å². The molecule has 0 aliphatic carbocycles. The van der Waals surface area contributed by atoms with Gasteiger partial charge in [-0.3, -0.25) is 0 Å². The molecule has 2 aromatic carbocycles. The van der Waals surface area contributed by atoms with Crippen LogP contribution in [0.4, 0.5) is 4.79 Å². The van der Waals surface area contributed by atoms with E-state index in [0.29, 0.717) is 11.4 Å². The van der Waals surface area contributed by atoms with Crippen LogP contribution in [0.25, 0.3) is 0 Å². The molecule has 3 N–H and O–H groups in total. The quantitative estimate of drug-likeness (QED) is 0.641. The molecule has 27 heavy (non-hydrogen) atoms. The van der Waals surface area contributed by atoms with Gasteiger partial charge in [0.15, 0.2) is 6.04 Å². The minimum Gasteiger partial charge on any atom is -0.480 e. The van der Waals surface area contributed by atoms with Gasteiger partial charge in [0, 0.05) is 5.02 Å². The maximum Gasteiger partial charge on any atom is 0.408 e. The first-order valence-corrected chi connectivity index (χ1v) is 8.87. The van der Waals surface area contributed by atoms with Crippen LogP contribution in [0.15, 0.2) is 54.6 Å². The minimum atomic E-state index is -1.48. The van der Waals surface area contributed by atoms with Crippen molar-refractivity contribution in [2.24, 2.45) is 5.92 Å². The van der Waals surface area contributed by atoms with Crippen molar-refractivity contribution < 1.29 is 24.5 Å². The Morgan fingerprint density at radius 1 is 1.07 bits per heavy atom. The summed E-state index contributed by atoms with van der Waals surface area (Å²) in [5, 5.41) is 22.6. The standard InChI is InChI=1S/C20H22ClNO5/c1-13(11-14-7-9-16(21)10-8-14)18(23)17(19(24)25)22-20(26)27-12-15-5-3-2-4-6-15/h2-10,13,17-18,23H,11-12H2,1H3,(H,22,26)(H,24,25)/t13-,17+,18+/m1/s1. The number of nitrogens with one attached hydrogen (secondary N) is 1. The molecule has 0 spiro atoms. The molecule has 3 atom stereocenters. The SMILES string of the molecule is C[C@H](Cc1ccc(Cl)cc1)[C@H](O)[C@H](NC(=O)OCc1ccccc1)C(=O)O. The number of carboxylic acid groups (broad SMARTS) is 1. The maximum absolute atomic E-state index is 11.9. The van der Waals surface area contributed by atoms with Crippen LogP contribution in [0.2, 0.25) is 5.02 Å². The zero-order valence-electron chi connectivity index (χ0n) is 14.8. The summed E-state index contributed by atoms with van der Waals surface area (Å²) < 4.78 is 5.03. The van der Waals surface area contributed by atoms with Crippen LogP contribution < -0.4 is 5.32 Å². The van der Waals surface area contributed by atoms with Crippen LogP contribution in [0.1, 0.15) is 18.1 Å². The highest BCUT2D eigenvalue weighted by atomic mass is 35.5. The molecule has 0 saturated carbocycles. The molecule has 6 nitrogen and oxygen atoms in total. The number of rotatable bonds is 8. The van der Waals surface area contributed by atoms with Crippen molar-refractivity contribution in [1.82, 2.24) is 5.32 Å². The molecular weight excluding hydrogens is 370 g/mol. The molecule has 0 fully saturated rings. The Bertz CT molecular complexity index is 751. The van der Waals surface area contributed by atoms with E-state index in [2.05, 4.69) is 5.32 Å². The number of aliphatic carboxylic acids is 1. The van der Waals surface area contributed by atoms with Gasteiger partial charge in [-0.15, -0.1) is 0 Å². The lowest BCUT2D eigenvalue weighted by atomic mass is 9.91. The Labute approximate surface area is 162 Å². The van der Waals surface area contributed by atoms with Gasteiger partial charge in [0.25, 0.3) is 0 Å². The van der Waals surface area contributed by atoms with Gasteiger partial charge in [0.05, 0.1) is 6.10 Å². The lowest BCUT2D eigenvalue weighted by Crippen LogP contribution is -2.51. The van der Waals surface area contributed by atoms with E-state index in [1.54, 1.807) is 43.3 Å². The first kappa shape index (κ1) is 20.7. The Hall–Kier alpha value is -2.57. The Balaban J connectivity index is 1.92. The third-order valence-electron chi connectivity index (χ3n) is 4.15. The summed E-state index contributed by atoms with van der Waals surface area (Å²) in [6.07, 6.45) is -1.76. The molecule has 2 rings (SSSR count). The van der Waals surface area contributed by atoms with Crippen LogP contribution >= 0.6 is 11.6 Å². The Morgan fingerprint density at radius 2 is 1.70 bits per heavy atom. The van der Waals surface area contributed by atoms with Gasteiger partial charge >= 0.3 is 12.1 Å².